The van der Waals surface area contributed by atoms with Crippen LogP contribution in [0.15, 0.2) is 65.7 Å². The van der Waals surface area contributed by atoms with Gasteiger partial charge in [0.25, 0.3) is 5.91 Å². The molecule has 0 spiro atoms. The standard InChI is InChI=1S/C22H15ClN2OS2/c1-2-25-16-12-11-13-7-3-4-8-14(13)19(16)28-22(25)24-21(26)20-18(23)15-9-5-6-10-17(15)27-20/h3-12H,2H2,1H3. The molecule has 0 radical (unpaired) electrons. The van der Waals surface area contributed by atoms with E-state index in [2.05, 4.69) is 40.7 Å². The Bertz CT molecular complexity index is 1440. The number of nitrogens with zero attached hydrogens (tertiary/aromatic N) is 2. The minimum atomic E-state index is -0.288. The first-order chi connectivity index (χ1) is 13.7. The molecule has 0 atom stereocenters. The van der Waals surface area contributed by atoms with Gasteiger partial charge in [0, 0.05) is 22.0 Å². The number of amides is 1. The molecule has 2 heterocycles. The third-order valence-corrected chi connectivity index (χ3v) is 7.61. The van der Waals surface area contributed by atoms with Crippen molar-refractivity contribution in [3.05, 3.63) is 75.4 Å². The van der Waals surface area contributed by atoms with Crippen LogP contribution in [0, 0.1) is 0 Å². The zero-order chi connectivity index (χ0) is 19.3. The predicted molar refractivity (Wildman–Crippen MR) is 120 cm³/mol. The Labute approximate surface area is 174 Å². The summed E-state index contributed by atoms with van der Waals surface area (Å²) < 4.78 is 4.23. The van der Waals surface area contributed by atoms with E-state index < -0.39 is 0 Å². The summed E-state index contributed by atoms with van der Waals surface area (Å²) in [6, 6.07) is 20.3. The first-order valence-corrected chi connectivity index (χ1v) is 11.0. The van der Waals surface area contributed by atoms with E-state index in [0.717, 1.165) is 26.8 Å². The number of carbonyl (C=O) groups is 1. The highest BCUT2D eigenvalue weighted by Gasteiger charge is 2.17. The number of hydrogen-bond acceptors (Lipinski definition) is 3. The molecule has 0 fully saturated rings. The number of rotatable bonds is 2. The molecule has 1 amide bonds. The lowest BCUT2D eigenvalue weighted by atomic mass is 10.1. The van der Waals surface area contributed by atoms with E-state index in [9.17, 15) is 4.79 Å². The second kappa shape index (κ2) is 6.85. The van der Waals surface area contributed by atoms with Gasteiger partial charge in [-0.25, -0.2) is 0 Å². The molecule has 0 aliphatic carbocycles. The number of thiophene rings is 1. The van der Waals surface area contributed by atoms with Gasteiger partial charge >= 0.3 is 0 Å². The molecule has 0 aliphatic rings. The molecule has 5 aromatic rings. The van der Waals surface area contributed by atoms with Crippen LogP contribution in [0.1, 0.15) is 16.6 Å². The van der Waals surface area contributed by atoms with Crippen molar-refractivity contribution >= 4 is 71.3 Å². The summed E-state index contributed by atoms with van der Waals surface area (Å²) in [4.78, 5) is 18.6. The van der Waals surface area contributed by atoms with Crippen LogP contribution in [0.2, 0.25) is 5.02 Å². The Kier molecular flexibility index (Phi) is 4.31. The van der Waals surface area contributed by atoms with Crippen LogP contribution < -0.4 is 4.80 Å². The average molecular weight is 423 g/mol. The molecule has 28 heavy (non-hydrogen) atoms. The van der Waals surface area contributed by atoms with Crippen molar-refractivity contribution in [3.63, 3.8) is 0 Å². The van der Waals surface area contributed by atoms with E-state index in [1.54, 1.807) is 11.3 Å². The van der Waals surface area contributed by atoms with Gasteiger partial charge in [-0.1, -0.05) is 71.5 Å². The minimum Gasteiger partial charge on any atom is -0.317 e. The van der Waals surface area contributed by atoms with Crippen LogP contribution >= 0.6 is 34.3 Å². The molecule has 0 saturated heterocycles. The van der Waals surface area contributed by atoms with Crippen LogP contribution in [0.3, 0.4) is 0 Å². The monoisotopic (exact) mass is 422 g/mol. The fourth-order valence-electron chi connectivity index (χ4n) is 3.48. The van der Waals surface area contributed by atoms with Crippen molar-refractivity contribution in [1.82, 2.24) is 4.57 Å². The van der Waals surface area contributed by atoms with Crippen LogP contribution in [0.25, 0.3) is 31.1 Å². The van der Waals surface area contributed by atoms with Gasteiger partial charge in [0.1, 0.15) is 4.88 Å². The average Bonchev–Trinajstić information content (AvgIpc) is 3.25. The molecule has 0 saturated carbocycles. The third-order valence-electron chi connectivity index (χ3n) is 4.82. The van der Waals surface area contributed by atoms with Crippen LogP contribution in [0.4, 0.5) is 0 Å². The van der Waals surface area contributed by atoms with E-state index in [1.807, 2.05) is 36.4 Å². The molecule has 6 heteroatoms. The van der Waals surface area contributed by atoms with Gasteiger partial charge in [-0.05, 0) is 24.4 Å². The van der Waals surface area contributed by atoms with Gasteiger partial charge in [-0.3, -0.25) is 4.79 Å². The lowest BCUT2D eigenvalue weighted by Gasteiger charge is -2.02. The third kappa shape index (κ3) is 2.70. The fraction of sp³-hybridized carbons (Fsp3) is 0.0909. The number of fused-ring (bicyclic) bond motifs is 4. The molecule has 0 bridgehead atoms. The summed E-state index contributed by atoms with van der Waals surface area (Å²) in [5.74, 6) is -0.288. The molecule has 0 unspecified atom stereocenters. The summed E-state index contributed by atoms with van der Waals surface area (Å²) in [5, 5.41) is 3.76. The van der Waals surface area contributed by atoms with Gasteiger partial charge in [0.05, 0.1) is 15.2 Å². The molecule has 0 aliphatic heterocycles. The molecule has 5 rings (SSSR count). The van der Waals surface area contributed by atoms with Crippen LogP contribution in [0.5, 0.6) is 0 Å². The summed E-state index contributed by atoms with van der Waals surface area (Å²) in [7, 11) is 0. The van der Waals surface area contributed by atoms with Crippen LogP contribution in [-0.4, -0.2) is 10.5 Å². The number of aryl methyl sites for hydroxylation is 1. The summed E-state index contributed by atoms with van der Waals surface area (Å²) in [6.07, 6.45) is 0. The number of carbonyl (C=O) groups excluding carboxylic acids is 1. The largest absolute Gasteiger partial charge is 0.317 e. The molecule has 2 aromatic heterocycles. The molecular formula is C22H15ClN2OS2. The van der Waals surface area contributed by atoms with Crippen LogP contribution in [-0.2, 0) is 6.54 Å². The molecule has 3 nitrogen and oxygen atoms in total. The normalized spacial score (nSPS) is 12.4. The van der Waals surface area contributed by atoms with Gasteiger partial charge in [-0.2, -0.15) is 4.99 Å². The van der Waals surface area contributed by atoms with Crippen molar-refractivity contribution < 1.29 is 4.79 Å². The number of halogens is 1. The maximum atomic E-state index is 13.0. The Morgan fingerprint density at radius 3 is 2.54 bits per heavy atom. The van der Waals surface area contributed by atoms with Gasteiger partial charge < -0.3 is 4.57 Å². The van der Waals surface area contributed by atoms with Gasteiger partial charge in [0.15, 0.2) is 4.80 Å². The summed E-state index contributed by atoms with van der Waals surface area (Å²) in [5.41, 5.74) is 1.10. The van der Waals surface area contributed by atoms with Gasteiger partial charge in [-0.15, -0.1) is 11.3 Å². The number of benzene rings is 3. The SMILES string of the molecule is CCn1c(=NC(=O)c2sc3ccccc3c2Cl)sc2c3ccccc3ccc21. The lowest BCUT2D eigenvalue weighted by molar-refractivity contribution is 0.100. The predicted octanol–water partition coefficient (Wildman–Crippen LogP) is 6.49. The van der Waals surface area contributed by atoms with E-state index in [4.69, 9.17) is 11.6 Å². The highest BCUT2D eigenvalue weighted by molar-refractivity contribution is 7.21. The number of hydrogen-bond donors (Lipinski definition) is 0. The maximum absolute atomic E-state index is 13.0. The first kappa shape index (κ1) is 17.6. The van der Waals surface area contributed by atoms with E-state index >= 15 is 0 Å². The molecular weight excluding hydrogens is 408 g/mol. The Morgan fingerprint density at radius 1 is 1.00 bits per heavy atom. The zero-order valence-corrected chi connectivity index (χ0v) is 17.4. The zero-order valence-electron chi connectivity index (χ0n) is 15.0. The second-order valence-electron chi connectivity index (χ2n) is 6.42. The molecule has 138 valence electrons. The number of aromatic nitrogens is 1. The van der Waals surface area contributed by atoms with Crippen molar-refractivity contribution in [2.45, 2.75) is 13.5 Å². The minimum absolute atomic E-state index is 0.288. The van der Waals surface area contributed by atoms with Crippen molar-refractivity contribution in [1.29, 1.82) is 0 Å². The smallest absolute Gasteiger partial charge is 0.291 e. The fourth-order valence-corrected chi connectivity index (χ4v) is 6.10. The topological polar surface area (TPSA) is 34.4 Å². The quantitative estimate of drug-likeness (QED) is 0.320. The molecule has 3 aromatic carbocycles. The highest BCUT2D eigenvalue weighted by atomic mass is 35.5. The molecule has 0 N–H and O–H groups in total. The Morgan fingerprint density at radius 2 is 1.75 bits per heavy atom. The Hall–Kier alpha value is -2.47. The summed E-state index contributed by atoms with van der Waals surface area (Å²) >= 11 is 9.42. The van der Waals surface area contributed by atoms with Crippen molar-refractivity contribution in [2.75, 3.05) is 0 Å². The van der Waals surface area contributed by atoms with Crippen molar-refractivity contribution in [2.24, 2.45) is 4.99 Å². The van der Waals surface area contributed by atoms with Gasteiger partial charge in [0.2, 0.25) is 0 Å². The van der Waals surface area contributed by atoms with E-state index in [0.29, 0.717) is 14.7 Å². The first-order valence-electron chi connectivity index (χ1n) is 8.94. The van der Waals surface area contributed by atoms with E-state index in [-0.39, 0.29) is 5.91 Å². The maximum Gasteiger partial charge on any atom is 0.291 e. The second-order valence-corrected chi connectivity index (χ2v) is 8.83. The summed E-state index contributed by atoms with van der Waals surface area (Å²) in [6.45, 7) is 2.81. The van der Waals surface area contributed by atoms with Crippen molar-refractivity contribution in [3.8, 4) is 0 Å². The van der Waals surface area contributed by atoms with E-state index in [1.165, 1.54) is 22.1 Å². The number of thiazole rings is 1. The Balaban J connectivity index is 1.73. The lowest BCUT2D eigenvalue weighted by Crippen LogP contribution is -2.15. The highest BCUT2D eigenvalue weighted by Crippen LogP contribution is 2.35.